The number of halogens is 1. The number of hydrogen-bond donors (Lipinski definition) is 1. The molecule has 1 aliphatic heterocycles. The number of amides is 1. The number of carbonyl (C=O) groups excluding carboxylic acids is 1. The lowest BCUT2D eigenvalue weighted by Gasteiger charge is -2.37. The lowest BCUT2D eigenvalue weighted by molar-refractivity contribution is -0.134. The minimum Gasteiger partial charge on any atom is -0.340 e. The van der Waals surface area contributed by atoms with Crippen LogP contribution in [0.25, 0.3) is 0 Å². The van der Waals surface area contributed by atoms with Crippen molar-refractivity contribution in [2.45, 2.75) is 24.1 Å². The molecule has 1 N–H and O–H groups in total. The van der Waals surface area contributed by atoms with E-state index in [1.807, 2.05) is 12.1 Å². The summed E-state index contributed by atoms with van der Waals surface area (Å²) in [6.07, 6.45) is 1.78. The van der Waals surface area contributed by atoms with Gasteiger partial charge in [0.15, 0.2) is 14.6 Å². The van der Waals surface area contributed by atoms with E-state index in [4.69, 9.17) is 11.6 Å². The topological polar surface area (TPSA) is 66.5 Å². The third-order valence-corrected chi connectivity index (χ3v) is 6.40. The highest BCUT2D eigenvalue weighted by molar-refractivity contribution is 7.92. The van der Waals surface area contributed by atoms with Crippen molar-refractivity contribution in [3.63, 3.8) is 0 Å². The minimum atomic E-state index is -3.49. The lowest BCUT2D eigenvalue weighted by Crippen LogP contribution is -2.57. The molecule has 1 aliphatic rings. The first-order valence-electron chi connectivity index (χ1n) is 7.16. The quantitative estimate of drug-likeness (QED) is 0.898. The monoisotopic (exact) mass is 344 g/mol. The van der Waals surface area contributed by atoms with E-state index in [-0.39, 0.29) is 5.91 Å². The van der Waals surface area contributed by atoms with E-state index in [0.29, 0.717) is 37.5 Å². The first-order chi connectivity index (χ1) is 10.3. The van der Waals surface area contributed by atoms with Crippen LogP contribution in [-0.4, -0.2) is 50.4 Å². The molecule has 1 aromatic rings. The van der Waals surface area contributed by atoms with Gasteiger partial charge < -0.3 is 10.2 Å². The van der Waals surface area contributed by atoms with Gasteiger partial charge in [0.05, 0.1) is 0 Å². The maximum Gasteiger partial charge on any atom is 0.244 e. The number of carbonyl (C=O) groups is 1. The van der Waals surface area contributed by atoms with E-state index in [9.17, 15) is 13.2 Å². The molecule has 22 heavy (non-hydrogen) atoms. The number of rotatable bonds is 4. The van der Waals surface area contributed by atoms with Crippen molar-refractivity contribution in [2.24, 2.45) is 0 Å². The molecule has 0 radical (unpaired) electrons. The lowest BCUT2D eigenvalue weighted by atomic mass is 9.95. The van der Waals surface area contributed by atoms with Gasteiger partial charge in [0.2, 0.25) is 5.91 Å². The predicted molar refractivity (Wildman–Crippen MR) is 87.6 cm³/mol. The SMILES string of the molecule is CN(Cc1cccc(Cl)c1)C(=O)C1(S(C)(=O)=O)CCNCC1. The van der Waals surface area contributed by atoms with E-state index < -0.39 is 14.6 Å². The van der Waals surface area contributed by atoms with Crippen LogP contribution >= 0.6 is 11.6 Å². The van der Waals surface area contributed by atoms with Gasteiger partial charge >= 0.3 is 0 Å². The highest BCUT2D eigenvalue weighted by Crippen LogP contribution is 2.30. The van der Waals surface area contributed by atoms with Gasteiger partial charge in [-0.25, -0.2) is 8.42 Å². The molecule has 1 heterocycles. The van der Waals surface area contributed by atoms with E-state index in [2.05, 4.69) is 5.32 Å². The summed E-state index contributed by atoms with van der Waals surface area (Å²) >= 11 is 5.95. The van der Waals surface area contributed by atoms with Crippen molar-refractivity contribution < 1.29 is 13.2 Å². The van der Waals surface area contributed by atoms with Gasteiger partial charge in [0.1, 0.15) is 0 Å². The van der Waals surface area contributed by atoms with Gasteiger partial charge in [-0.1, -0.05) is 23.7 Å². The fraction of sp³-hybridized carbons (Fsp3) is 0.533. The van der Waals surface area contributed by atoms with Crippen LogP contribution in [0, 0.1) is 0 Å². The van der Waals surface area contributed by atoms with Crippen molar-refractivity contribution in [2.75, 3.05) is 26.4 Å². The second kappa shape index (κ2) is 6.56. The molecule has 122 valence electrons. The smallest absolute Gasteiger partial charge is 0.244 e. The normalized spacial score (nSPS) is 18.0. The van der Waals surface area contributed by atoms with Crippen LogP contribution in [0.5, 0.6) is 0 Å². The number of nitrogens with zero attached hydrogens (tertiary/aromatic N) is 1. The molecule has 1 aromatic carbocycles. The molecular formula is C15H21ClN2O3S. The molecule has 7 heteroatoms. The van der Waals surface area contributed by atoms with Crippen molar-refractivity contribution in [3.8, 4) is 0 Å². The molecule has 0 aliphatic carbocycles. The van der Waals surface area contributed by atoms with E-state index in [1.54, 1.807) is 19.2 Å². The second-order valence-corrected chi connectivity index (χ2v) is 8.57. The Morgan fingerprint density at radius 2 is 2.00 bits per heavy atom. The van der Waals surface area contributed by atoms with Gasteiger partial charge in [-0.15, -0.1) is 0 Å². The van der Waals surface area contributed by atoms with Crippen LogP contribution < -0.4 is 5.32 Å². The average Bonchev–Trinajstić information content (AvgIpc) is 2.46. The summed E-state index contributed by atoms with van der Waals surface area (Å²) in [5.41, 5.74) is 0.876. The summed E-state index contributed by atoms with van der Waals surface area (Å²) in [6, 6.07) is 7.22. The van der Waals surface area contributed by atoms with Gasteiger partial charge in [-0.2, -0.15) is 0 Å². The van der Waals surface area contributed by atoms with Crippen molar-refractivity contribution in [1.29, 1.82) is 0 Å². The Labute approximate surface area is 136 Å². The largest absolute Gasteiger partial charge is 0.340 e. The van der Waals surface area contributed by atoms with Gasteiger partial charge in [-0.3, -0.25) is 4.79 Å². The van der Waals surface area contributed by atoms with Gasteiger partial charge in [0.25, 0.3) is 0 Å². The minimum absolute atomic E-state index is 0.310. The molecule has 0 spiro atoms. The Kier molecular flexibility index (Phi) is 5.14. The third-order valence-electron chi connectivity index (χ3n) is 4.17. The molecule has 0 atom stereocenters. The Balaban J connectivity index is 2.23. The molecule has 1 amide bonds. The summed E-state index contributed by atoms with van der Waals surface area (Å²) in [5, 5.41) is 3.71. The first kappa shape index (κ1) is 17.2. The number of benzene rings is 1. The van der Waals surface area contributed by atoms with Crippen molar-refractivity contribution in [3.05, 3.63) is 34.9 Å². The summed E-state index contributed by atoms with van der Waals surface area (Å²) in [5.74, 6) is -0.337. The predicted octanol–water partition coefficient (Wildman–Crippen LogP) is 1.47. The summed E-state index contributed by atoms with van der Waals surface area (Å²) in [6.45, 7) is 1.40. The zero-order chi connectivity index (χ0) is 16.4. The van der Waals surface area contributed by atoms with Crippen LogP contribution in [0.2, 0.25) is 5.02 Å². The molecule has 0 saturated carbocycles. The number of nitrogens with one attached hydrogen (secondary N) is 1. The number of hydrogen-bond acceptors (Lipinski definition) is 4. The summed E-state index contributed by atoms with van der Waals surface area (Å²) in [7, 11) is -1.85. The fourth-order valence-corrected chi connectivity index (χ4v) is 4.53. The van der Waals surface area contributed by atoms with Crippen LogP contribution in [0.1, 0.15) is 18.4 Å². The molecule has 1 saturated heterocycles. The van der Waals surface area contributed by atoms with Gasteiger partial charge in [0, 0.05) is 24.9 Å². The maximum atomic E-state index is 12.8. The summed E-state index contributed by atoms with van der Waals surface area (Å²) < 4.78 is 23.2. The number of piperidine rings is 1. The van der Waals surface area contributed by atoms with E-state index >= 15 is 0 Å². The molecule has 0 aromatic heterocycles. The highest BCUT2D eigenvalue weighted by atomic mass is 35.5. The average molecular weight is 345 g/mol. The highest BCUT2D eigenvalue weighted by Gasteiger charge is 2.49. The fourth-order valence-electron chi connectivity index (χ4n) is 2.90. The number of sulfone groups is 1. The second-order valence-electron chi connectivity index (χ2n) is 5.81. The Bertz CT molecular complexity index is 655. The zero-order valence-electron chi connectivity index (χ0n) is 12.8. The molecule has 0 unspecified atom stereocenters. The van der Waals surface area contributed by atoms with Crippen LogP contribution in [0.4, 0.5) is 0 Å². The van der Waals surface area contributed by atoms with Crippen molar-refractivity contribution in [1.82, 2.24) is 10.2 Å². The molecule has 1 fully saturated rings. The molecule has 2 rings (SSSR count). The van der Waals surface area contributed by atoms with E-state index in [1.165, 1.54) is 4.90 Å². The van der Waals surface area contributed by atoms with Gasteiger partial charge in [-0.05, 0) is 43.6 Å². The third kappa shape index (κ3) is 3.45. The Hall–Kier alpha value is -1.11. The molecular weight excluding hydrogens is 324 g/mol. The maximum absolute atomic E-state index is 12.8. The Morgan fingerprint density at radius 3 is 2.55 bits per heavy atom. The van der Waals surface area contributed by atoms with E-state index in [0.717, 1.165) is 11.8 Å². The molecule has 0 bridgehead atoms. The van der Waals surface area contributed by atoms with Crippen LogP contribution in [0.3, 0.4) is 0 Å². The standard InChI is InChI=1S/C15H21ClN2O3S/c1-18(11-12-4-3-5-13(16)10-12)14(19)15(22(2,20)21)6-8-17-9-7-15/h3-5,10,17H,6-9,11H2,1-2H3. The first-order valence-corrected chi connectivity index (χ1v) is 9.43. The zero-order valence-corrected chi connectivity index (χ0v) is 14.4. The Morgan fingerprint density at radius 1 is 1.36 bits per heavy atom. The van der Waals surface area contributed by atoms with Crippen molar-refractivity contribution >= 4 is 27.3 Å². The van der Waals surface area contributed by atoms with Crippen LogP contribution in [-0.2, 0) is 21.2 Å². The summed E-state index contributed by atoms with van der Waals surface area (Å²) in [4.78, 5) is 14.3. The van der Waals surface area contributed by atoms with Crippen LogP contribution in [0.15, 0.2) is 24.3 Å². The molecule has 5 nitrogen and oxygen atoms in total.